The smallest absolute Gasteiger partial charge is 0.221 e. The van der Waals surface area contributed by atoms with Gasteiger partial charge in [-0.1, -0.05) is 0 Å². The third-order valence-electron chi connectivity index (χ3n) is 2.10. The topological polar surface area (TPSA) is 79.0 Å². The Bertz CT molecular complexity index is 574. The lowest BCUT2D eigenvalue weighted by Gasteiger charge is -2.00. The molecular formula is C11H11N3OS. The molecular weight excluding hydrogens is 222 g/mol. The summed E-state index contributed by atoms with van der Waals surface area (Å²) in [6, 6.07) is 7.48. The van der Waals surface area contributed by atoms with Gasteiger partial charge in [0.15, 0.2) is 0 Å². The van der Waals surface area contributed by atoms with E-state index in [0.29, 0.717) is 0 Å². The fourth-order valence-corrected chi connectivity index (χ4v) is 2.36. The van der Waals surface area contributed by atoms with E-state index >= 15 is 0 Å². The normalized spacial score (nSPS) is 10.3. The van der Waals surface area contributed by atoms with Crippen molar-refractivity contribution in [2.24, 2.45) is 5.73 Å². The molecule has 82 valence electrons. The number of amides is 1. The predicted molar refractivity (Wildman–Crippen MR) is 67.1 cm³/mol. The van der Waals surface area contributed by atoms with Crippen molar-refractivity contribution < 1.29 is 4.79 Å². The molecule has 0 saturated heterocycles. The zero-order valence-corrected chi connectivity index (χ0v) is 9.52. The highest BCUT2D eigenvalue weighted by molar-refractivity contribution is 7.20. The van der Waals surface area contributed by atoms with E-state index in [1.54, 1.807) is 0 Å². The van der Waals surface area contributed by atoms with Crippen LogP contribution in [0.3, 0.4) is 0 Å². The van der Waals surface area contributed by atoms with E-state index < -0.39 is 0 Å². The molecule has 2 aromatic rings. The number of hydrogen-bond donors (Lipinski definition) is 3. The van der Waals surface area contributed by atoms with Crippen LogP contribution in [-0.2, 0) is 4.79 Å². The SMILES string of the molecule is CC(=O)Nc1ccc2sc(C(=N)N)cc2c1. The number of thiophene rings is 1. The molecule has 1 aromatic carbocycles. The number of nitrogen functional groups attached to an aromatic ring is 1. The maximum absolute atomic E-state index is 10.9. The number of carbonyl (C=O) groups is 1. The first-order chi connectivity index (χ1) is 7.56. The first kappa shape index (κ1) is 10.6. The predicted octanol–water partition coefficient (Wildman–Crippen LogP) is 2.14. The van der Waals surface area contributed by atoms with Gasteiger partial charge in [0.25, 0.3) is 0 Å². The minimum absolute atomic E-state index is 0.0716. The van der Waals surface area contributed by atoms with Crippen molar-refractivity contribution in [3.05, 3.63) is 29.1 Å². The van der Waals surface area contributed by atoms with Crippen LogP contribution in [0.25, 0.3) is 10.1 Å². The second kappa shape index (κ2) is 3.94. The van der Waals surface area contributed by atoms with Gasteiger partial charge in [-0.2, -0.15) is 0 Å². The van der Waals surface area contributed by atoms with Crippen molar-refractivity contribution in [2.45, 2.75) is 6.92 Å². The Kier molecular flexibility index (Phi) is 2.62. The van der Waals surface area contributed by atoms with Crippen LogP contribution >= 0.6 is 11.3 Å². The standard InChI is InChI=1S/C11H11N3OS/c1-6(15)14-8-2-3-9-7(4-8)5-10(16-9)11(12)13/h2-5H,1H3,(H3,12,13)(H,14,15). The Balaban J connectivity index is 2.45. The van der Waals surface area contributed by atoms with Crippen molar-refractivity contribution in [3.8, 4) is 0 Å². The van der Waals surface area contributed by atoms with Gasteiger partial charge in [0, 0.05) is 17.3 Å². The first-order valence-corrected chi connectivity index (χ1v) is 5.53. The number of nitrogens with two attached hydrogens (primary N) is 1. The fraction of sp³-hybridized carbons (Fsp3) is 0.0909. The van der Waals surface area contributed by atoms with Crippen molar-refractivity contribution >= 4 is 38.9 Å². The zero-order valence-electron chi connectivity index (χ0n) is 8.70. The number of fused-ring (bicyclic) bond motifs is 1. The molecule has 0 aliphatic rings. The highest BCUT2D eigenvalue weighted by Crippen LogP contribution is 2.27. The second-order valence-electron chi connectivity index (χ2n) is 3.46. The summed E-state index contributed by atoms with van der Waals surface area (Å²) in [5.74, 6) is -0.0244. The highest BCUT2D eigenvalue weighted by Gasteiger charge is 2.05. The van der Waals surface area contributed by atoms with E-state index in [2.05, 4.69) is 5.32 Å². The first-order valence-electron chi connectivity index (χ1n) is 4.72. The lowest BCUT2D eigenvalue weighted by atomic mass is 10.2. The summed E-state index contributed by atoms with van der Waals surface area (Å²) in [6.45, 7) is 1.47. The van der Waals surface area contributed by atoms with Crippen LogP contribution in [-0.4, -0.2) is 11.7 Å². The molecule has 0 fully saturated rings. The van der Waals surface area contributed by atoms with Gasteiger partial charge in [0.1, 0.15) is 5.84 Å². The lowest BCUT2D eigenvalue weighted by Crippen LogP contribution is -2.08. The Hall–Kier alpha value is -1.88. The number of benzene rings is 1. The molecule has 1 amide bonds. The second-order valence-corrected chi connectivity index (χ2v) is 4.54. The summed E-state index contributed by atoms with van der Waals surface area (Å²) in [5.41, 5.74) is 6.18. The summed E-state index contributed by atoms with van der Waals surface area (Å²) in [5, 5.41) is 11.1. The molecule has 0 atom stereocenters. The van der Waals surface area contributed by atoms with Gasteiger partial charge in [0.2, 0.25) is 5.91 Å². The number of hydrogen-bond acceptors (Lipinski definition) is 3. The molecule has 0 aliphatic carbocycles. The third-order valence-corrected chi connectivity index (χ3v) is 3.25. The summed E-state index contributed by atoms with van der Waals surface area (Å²) in [6.07, 6.45) is 0. The number of rotatable bonds is 2. The van der Waals surface area contributed by atoms with E-state index in [0.717, 1.165) is 20.7 Å². The molecule has 2 rings (SSSR count). The Labute approximate surface area is 96.6 Å². The van der Waals surface area contributed by atoms with Crippen molar-refractivity contribution in [1.82, 2.24) is 0 Å². The van der Waals surface area contributed by atoms with Crippen LogP contribution < -0.4 is 11.1 Å². The molecule has 0 bridgehead atoms. The fourth-order valence-electron chi connectivity index (χ4n) is 1.46. The summed E-state index contributed by atoms with van der Waals surface area (Å²) < 4.78 is 1.05. The average Bonchev–Trinajstić information content (AvgIpc) is 2.59. The summed E-state index contributed by atoms with van der Waals surface area (Å²) >= 11 is 1.47. The zero-order chi connectivity index (χ0) is 11.7. The molecule has 4 N–H and O–H groups in total. The quantitative estimate of drug-likeness (QED) is 0.549. The number of carbonyl (C=O) groups excluding carboxylic acids is 1. The summed E-state index contributed by atoms with van der Waals surface area (Å²) in [4.78, 5) is 11.6. The van der Waals surface area contributed by atoms with E-state index in [1.165, 1.54) is 18.3 Å². The molecule has 4 nitrogen and oxygen atoms in total. The average molecular weight is 233 g/mol. The molecule has 5 heteroatoms. The van der Waals surface area contributed by atoms with Crippen LogP contribution in [0, 0.1) is 5.41 Å². The highest BCUT2D eigenvalue weighted by atomic mass is 32.1. The maximum atomic E-state index is 10.9. The van der Waals surface area contributed by atoms with Crippen LogP contribution in [0.15, 0.2) is 24.3 Å². The monoisotopic (exact) mass is 233 g/mol. The van der Waals surface area contributed by atoms with E-state index in [1.807, 2.05) is 24.3 Å². The van der Waals surface area contributed by atoms with Crippen molar-refractivity contribution in [1.29, 1.82) is 5.41 Å². The van der Waals surface area contributed by atoms with Gasteiger partial charge < -0.3 is 11.1 Å². The number of anilines is 1. The Morgan fingerprint density at radius 3 is 2.81 bits per heavy atom. The van der Waals surface area contributed by atoms with E-state index in [-0.39, 0.29) is 11.7 Å². The van der Waals surface area contributed by atoms with Gasteiger partial charge >= 0.3 is 0 Å². The summed E-state index contributed by atoms with van der Waals surface area (Å²) in [7, 11) is 0. The maximum Gasteiger partial charge on any atom is 0.221 e. The Morgan fingerprint density at radius 2 is 2.19 bits per heavy atom. The molecule has 0 aliphatic heterocycles. The van der Waals surface area contributed by atoms with Gasteiger partial charge in [-0.15, -0.1) is 11.3 Å². The molecule has 16 heavy (non-hydrogen) atoms. The molecule has 0 radical (unpaired) electrons. The third kappa shape index (κ3) is 2.04. The largest absolute Gasteiger partial charge is 0.383 e. The molecule has 0 unspecified atom stereocenters. The van der Waals surface area contributed by atoms with Crippen LogP contribution in [0.4, 0.5) is 5.69 Å². The van der Waals surface area contributed by atoms with Crippen molar-refractivity contribution in [3.63, 3.8) is 0 Å². The van der Waals surface area contributed by atoms with Crippen LogP contribution in [0.5, 0.6) is 0 Å². The minimum Gasteiger partial charge on any atom is -0.383 e. The van der Waals surface area contributed by atoms with Gasteiger partial charge in [-0.05, 0) is 29.7 Å². The minimum atomic E-state index is -0.0960. The van der Waals surface area contributed by atoms with Crippen LogP contribution in [0.2, 0.25) is 0 Å². The van der Waals surface area contributed by atoms with Crippen molar-refractivity contribution in [2.75, 3.05) is 5.32 Å². The van der Waals surface area contributed by atoms with Gasteiger partial charge in [-0.25, -0.2) is 0 Å². The molecule has 1 heterocycles. The van der Waals surface area contributed by atoms with E-state index in [9.17, 15) is 4.79 Å². The number of nitrogens with one attached hydrogen (secondary N) is 2. The van der Waals surface area contributed by atoms with Gasteiger partial charge in [-0.3, -0.25) is 10.2 Å². The number of amidine groups is 1. The molecule has 0 saturated carbocycles. The van der Waals surface area contributed by atoms with Crippen LogP contribution in [0.1, 0.15) is 11.8 Å². The lowest BCUT2D eigenvalue weighted by molar-refractivity contribution is -0.114. The molecule has 1 aromatic heterocycles. The van der Waals surface area contributed by atoms with Gasteiger partial charge in [0.05, 0.1) is 4.88 Å². The van der Waals surface area contributed by atoms with E-state index in [4.69, 9.17) is 11.1 Å². The Morgan fingerprint density at radius 1 is 1.44 bits per heavy atom. The molecule has 0 spiro atoms.